The molecule has 152 valence electrons. The largest absolute Gasteiger partial charge is 0.497 e. The van der Waals surface area contributed by atoms with E-state index in [9.17, 15) is 4.79 Å². The molecule has 0 aliphatic heterocycles. The Morgan fingerprint density at radius 2 is 1.50 bits per heavy atom. The fourth-order valence-electron chi connectivity index (χ4n) is 2.76. The van der Waals surface area contributed by atoms with Gasteiger partial charge in [0.05, 0.1) is 13.7 Å². The zero-order valence-electron chi connectivity index (χ0n) is 17.1. The number of nitrogens with zero attached hydrogens (tertiary/aromatic N) is 1. The molecule has 0 fully saturated rings. The van der Waals surface area contributed by atoms with Gasteiger partial charge in [-0.1, -0.05) is 38.1 Å². The maximum absolute atomic E-state index is 11.9. The molecule has 0 spiro atoms. The molecule has 0 amide bonds. The first-order valence-electron chi connectivity index (χ1n) is 9.87. The van der Waals surface area contributed by atoms with Gasteiger partial charge in [-0.05, 0) is 54.9 Å². The summed E-state index contributed by atoms with van der Waals surface area (Å²) in [6.07, 6.45) is 0.962. The molecule has 0 unspecified atom stereocenters. The van der Waals surface area contributed by atoms with Crippen LogP contribution in [0.3, 0.4) is 0 Å². The standard InChI is InChI=1S/C23H31NO4/c1-4-24(5-2)17-19-8-10-20(11-9-19)18-28-23(25)7-6-16-27-22-14-12-21(26-3)13-15-22/h8-15H,4-7,16-18H2,1-3H3. The van der Waals surface area contributed by atoms with Gasteiger partial charge in [0.2, 0.25) is 0 Å². The SMILES string of the molecule is CCN(CC)Cc1ccc(COC(=O)CCCOc2ccc(OC)cc2)cc1. The third-order valence-electron chi connectivity index (χ3n) is 4.58. The minimum Gasteiger partial charge on any atom is -0.497 e. The molecule has 0 atom stereocenters. The third kappa shape index (κ3) is 7.61. The maximum atomic E-state index is 11.9. The molecule has 5 heteroatoms. The third-order valence-corrected chi connectivity index (χ3v) is 4.58. The summed E-state index contributed by atoms with van der Waals surface area (Å²) in [6, 6.07) is 15.6. The lowest BCUT2D eigenvalue weighted by molar-refractivity contribution is -0.145. The van der Waals surface area contributed by atoms with Gasteiger partial charge < -0.3 is 14.2 Å². The van der Waals surface area contributed by atoms with E-state index in [0.717, 1.165) is 36.7 Å². The van der Waals surface area contributed by atoms with Gasteiger partial charge in [-0.2, -0.15) is 0 Å². The second-order valence-electron chi connectivity index (χ2n) is 6.57. The Labute approximate surface area is 168 Å². The second kappa shape index (κ2) is 12.0. The number of hydrogen-bond donors (Lipinski definition) is 0. The van der Waals surface area contributed by atoms with Crippen LogP contribution in [-0.4, -0.2) is 37.7 Å². The van der Waals surface area contributed by atoms with E-state index >= 15 is 0 Å². The lowest BCUT2D eigenvalue weighted by Gasteiger charge is -2.18. The number of benzene rings is 2. The number of ether oxygens (including phenoxy) is 3. The molecule has 2 aromatic rings. The van der Waals surface area contributed by atoms with Crippen LogP contribution in [0.25, 0.3) is 0 Å². The van der Waals surface area contributed by atoms with E-state index in [0.29, 0.717) is 26.1 Å². The molecule has 0 radical (unpaired) electrons. The normalized spacial score (nSPS) is 10.7. The zero-order valence-corrected chi connectivity index (χ0v) is 17.1. The van der Waals surface area contributed by atoms with Gasteiger partial charge in [0.1, 0.15) is 18.1 Å². The molecule has 28 heavy (non-hydrogen) atoms. The number of rotatable bonds is 12. The molecule has 0 bridgehead atoms. The van der Waals surface area contributed by atoms with Crippen molar-refractivity contribution < 1.29 is 19.0 Å². The van der Waals surface area contributed by atoms with Crippen molar-refractivity contribution in [2.45, 2.75) is 39.8 Å². The lowest BCUT2D eigenvalue weighted by Crippen LogP contribution is -2.22. The van der Waals surface area contributed by atoms with E-state index in [4.69, 9.17) is 14.2 Å². The Morgan fingerprint density at radius 3 is 2.11 bits per heavy atom. The number of carbonyl (C=O) groups is 1. The van der Waals surface area contributed by atoms with E-state index < -0.39 is 0 Å². The van der Waals surface area contributed by atoms with Gasteiger partial charge in [-0.15, -0.1) is 0 Å². The van der Waals surface area contributed by atoms with Crippen molar-refractivity contribution in [3.8, 4) is 11.5 Å². The first-order chi connectivity index (χ1) is 13.6. The second-order valence-corrected chi connectivity index (χ2v) is 6.57. The molecule has 0 aliphatic carbocycles. The van der Waals surface area contributed by atoms with Gasteiger partial charge in [-0.3, -0.25) is 9.69 Å². The van der Waals surface area contributed by atoms with Gasteiger partial charge in [0, 0.05) is 13.0 Å². The van der Waals surface area contributed by atoms with E-state index in [1.165, 1.54) is 5.56 Å². The van der Waals surface area contributed by atoms with Gasteiger partial charge in [-0.25, -0.2) is 0 Å². The molecule has 2 aromatic carbocycles. The molecule has 0 saturated heterocycles. The van der Waals surface area contributed by atoms with Crippen LogP contribution in [0.2, 0.25) is 0 Å². The number of carbonyl (C=O) groups excluding carboxylic acids is 1. The van der Waals surface area contributed by atoms with E-state index in [2.05, 4.69) is 30.9 Å². The summed E-state index contributed by atoms with van der Waals surface area (Å²) < 4.78 is 16.1. The monoisotopic (exact) mass is 385 g/mol. The molecule has 0 aromatic heterocycles. The fourth-order valence-corrected chi connectivity index (χ4v) is 2.76. The Morgan fingerprint density at radius 1 is 0.893 bits per heavy atom. The molecular formula is C23H31NO4. The topological polar surface area (TPSA) is 48.0 Å². The summed E-state index contributed by atoms with van der Waals surface area (Å²) >= 11 is 0. The Balaban J connectivity index is 1.63. The van der Waals surface area contributed by atoms with Crippen molar-refractivity contribution in [3.05, 3.63) is 59.7 Å². The van der Waals surface area contributed by atoms with Crippen LogP contribution in [0, 0.1) is 0 Å². The van der Waals surface area contributed by atoms with Crippen molar-refractivity contribution in [2.75, 3.05) is 26.8 Å². The summed E-state index contributed by atoms with van der Waals surface area (Å²) in [6.45, 7) is 8.14. The Kier molecular flexibility index (Phi) is 9.35. The first-order valence-corrected chi connectivity index (χ1v) is 9.87. The molecule has 0 heterocycles. The van der Waals surface area contributed by atoms with Crippen LogP contribution in [0.5, 0.6) is 11.5 Å². The number of hydrogen-bond acceptors (Lipinski definition) is 5. The summed E-state index contributed by atoms with van der Waals surface area (Å²) in [5.74, 6) is 1.35. The smallest absolute Gasteiger partial charge is 0.306 e. The first kappa shape index (κ1) is 21.8. The van der Waals surface area contributed by atoms with Crippen molar-refractivity contribution in [1.82, 2.24) is 4.90 Å². The lowest BCUT2D eigenvalue weighted by atomic mass is 10.1. The quantitative estimate of drug-likeness (QED) is 0.399. The highest BCUT2D eigenvalue weighted by Gasteiger charge is 2.05. The van der Waals surface area contributed by atoms with Crippen LogP contribution < -0.4 is 9.47 Å². The summed E-state index contributed by atoms with van der Waals surface area (Å²) in [4.78, 5) is 14.3. The van der Waals surface area contributed by atoms with Crippen LogP contribution in [0.15, 0.2) is 48.5 Å². The highest BCUT2D eigenvalue weighted by atomic mass is 16.5. The summed E-state index contributed by atoms with van der Waals surface area (Å²) in [5.41, 5.74) is 2.28. The minimum atomic E-state index is -0.203. The average Bonchev–Trinajstić information content (AvgIpc) is 2.74. The van der Waals surface area contributed by atoms with Crippen molar-refractivity contribution >= 4 is 5.97 Å². The number of esters is 1. The molecule has 0 aliphatic rings. The molecular weight excluding hydrogens is 354 g/mol. The van der Waals surface area contributed by atoms with Crippen LogP contribution in [-0.2, 0) is 22.7 Å². The summed E-state index contributed by atoms with van der Waals surface area (Å²) in [5, 5.41) is 0. The molecule has 0 N–H and O–H groups in total. The summed E-state index contributed by atoms with van der Waals surface area (Å²) in [7, 11) is 1.63. The van der Waals surface area contributed by atoms with Crippen molar-refractivity contribution in [3.63, 3.8) is 0 Å². The minimum absolute atomic E-state index is 0.203. The Bertz CT molecular complexity index is 694. The molecule has 5 nitrogen and oxygen atoms in total. The van der Waals surface area contributed by atoms with Gasteiger partial charge in [0.15, 0.2) is 0 Å². The fraction of sp³-hybridized carbons (Fsp3) is 0.435. The molecule has 2 rings (SSSR count). The highest BCUT2D eigenvalue weighted by molar-refractivity contribution is 5.69. The number of methoxy groups -OCH3 is 1. The van der Waals surface area contributed by atoms with Crippen LogP contribution in [0.1, 0.15) is 37.8 Å². The van der Waals surface area contributed by atoms with E-state index in [1.807, 2.05) is 36.4 Å². The van der Waals surface area contributed by atoms with E-state index in [-0.39, 0.29) is 5.97 Å². The van der Waals surface area contributed by atoms with Gasteiger partial charge >= 0.3 is 5.97 Å². The van der Waals surface area contributed by atoms with Gasteiger partial charge in [0.25, 0.3) is 0 Å². The maximum Gasteiger partial charge on any atom is 0.306 e. The van der Waals surface area contributed by atoms with Crippen molar-refractivity contribution in [1.29, 1.82) is 0 Å². The molecule has 0 saturated carbocycles. The highest BCUT2D eigenvalue weighted by Crippen LogP contribution is 2.17. The van der Waals surface area contributed by atoms with Crippen LogP contribution >= 0.6 is 0 Å². The predicted molar refractivity (Wildman–Crippen MR) is 111 cm³/mol. The van der Waals surface area contributed by atoms with E-state index in [1.54, 1.807) is 7.11 Å². The van der Waals surface area contributed by atoms with Crippen molar-refractivity contribution in [2.24, 2.45) is 0 Å². The van der Waals surface area contributed by atoms with Crippen LogP contribution in [0.4, 0.5) is 0 Å². The zero-order chi connectivity index (χ0) is 20.2. The average molecular weight is 386 g/mol. The predicted octanol–water partition coefficient (Wildman–Crippen LogP) is 4.44. The Hall–Kier alpha value is -2.53.